The lowest BCUT2D eigenvalue weighted by Gasteiger charge is -2.22. The molecule has 1 unspecified atom stereocenters. The Labute approximate surface area is 144 Å². The van der Waals surface area contributed by atoms with E-state index in [-0.39, 0.29) is 25.0 Å². The van der Waals surface area contributed by atoms with Gasteiger partial charge in [-0.15, -0.1) is 0 Å². The van der Waals surface area contributed by atoms with E-state index in [1.807, 2.05) is 0 Å². The summed E-state index contributed by atoms with van der Waals surface area (Å²) >= 11 is 0. The van der Waals surface area contributed by atoms with Crippen LogP contribution in [0.5, 0.6) is 0 Å². The Balaban J connectivity index is 2.54. The molecule has 8 heteroatoms. The summed E-state index contributed by atoms with van der Waals surface area (Å²) in [5, 5.41) is 5.14. The first-order valence-electron chi connectivity index (χ1n) is 7.90. The molecule has 0 radical (unpaired) electrons. The van der Waals surface area contributed by atoms with Crippen molar-refractivity contribution in [3.63, 3.8) is 0 Å². The summed E-state index contributed by atoms with van der Waals surface area (Å²) in [6, 6.07) is 6.18. The Morgan fingerprint density at radius 1 is 1.20 bits per heavy atom. The number of alkyl halides is 3. The first-order chi connectivity index (χ1) is 11.6. The van der Waals surface area contributed by atoms with Gasteiger partial charge in [-0.2, -0.15) is 13.2 Å². The summed E-state index contributed by atoms with van der Waals surface area (Å²) in [6.45, 7) is 3.63. The van der Waals surface area contributed by atoms with Crippen LogP contribution in [0.25, 0.3) is 0 Å². The average molecular weight is 360 g/mol. The minimum Gasteiger partial charge on any atom is -0.370 e. The number of halogens is 3. The summed E-state index contributed by atoms with van der Waals surface area (Å²) in [4.78, 5) is 24.5. The number of benzene rings is 1. The normalized spacial score (nSPS) is 12.8. The predicted molar refractivity (Wildman–Crippen MR) is 87.2 cm³/mol. The first kappa shape index (κ1) is 21.0. The second-order valence-electron chi connectivity index (χ2n) is 5.97. The van der Waals surface area contributed by atoms with E-state index in [1.54, 1.807) is 45.0 Å². The van der Waals surface area contributed by atoms with Crippen molar-refractivity contribution in [3.8, 4) is 0 Å². The number of rotatable bonds is 8. The average Bonchev–Trinajstić information content (AvgIpc) is 2.50. The fraction of sp³-hybridized carbons (Fsp3) is 0.529. The molecule has 0 heterocycles. The monoisotopic (exact) mass is 360 g/mol. The van der Waals surface area contributed by atoms with Gasteiger partial charge in [-0.05, 0) is 24.5 Å². The van der Waals surface area contributed by atoms with Gasteiger partial charge in [0.15, 0.2) is 0 Å². The minimum atomic E-state index is -4.40. The first-order valence-corrected chi connectivity index (χ1v) is 7.90. The van der Waals surface area contributed by atoms with E-state index in [4.69, 9.17) is 0 Å². The summed E-state index contributed by atoms with van der Waals surface area (Å²) in [5.41, 5.74) is 1.25. The third-order valence-electron chi connectivity index (χ3n) is 3.44. The van der Waals surface area contributed by atoms with E-state index < -0.39 is 24.7 Å². The molecule has 0 aliphatic heterocycles. The van der Waals surface area contributed by atoms with E-state index in [1.165, 1.54) is 0 Å². The van der Waals surface area contributed by atoms with Gasteiger partial charge in [0, 0.05) is 12.1 Å². The molecular formula is C17H23F3N2O3. The van der Waals surface area contributed by atoms with Crippen molar-refractivity contribution < 1.29 is 27.5 Å². The quantitative estimate of drug-likeness (QED) is 0.700. The van der Waals surface area contributed by atoms with Crippen LogP contribution < -0.4 is 10.6 Å². The van der Waals surface area contributed by atoms with Crippen molar-refractivity contribution in [1.29, 1.82) is 0 Å². The third kappa shape index (κ3) is 7.55. The Morgan fingerprint density at radius 2 is 1.84 bits per heavy atom. The number of aryl methyl sites for hydroxylation is 1. The maximum atomic E-state index is 12.3. The van der Waals surface area contributed by atoms with E-state index in [0.29, 0.717) is 5.56 Å². The van der Waals surface area contributed by atoms with E-state index in [9.17, 15) is 22.8 Å². The van der Waals surface area contributed by atoms with Crippen LogP contribution in [-0.4, -0.2) is 43.8 Å². The van der Waals surface area contributed by atoms with Crippen molar-refractivity contribution in [3.05, 3.63) is 35.4 Å². The van der Waals surface area contributed by atoms with Crippen LogP contribution >= 0.6 is 0 Å². The van der Waals surface area contributed by atoms with Gasteiger partial charge in [0.1, 0.15) is 12.6 Å². The van der Waals surface area contributed by atoms with Gasteiger partial charge in [0.05, 0.1) is 6.61 Å². The second-order valence-corrected chi connectivity index (χ2v) is 5.97. The molecule has 1 atom stereocenters. The predicted octanol–water partition coefficient (Wildman–Crippen LogP) is 2.44. The number of hydrogen-bond acceptors (Lipinski definition) is 3. The second kappa shape index (κ2) is 9.41. The van der Waals surface area contributed by atoms with Gasteiger partial charge in [-0.25, -0.2) is 0 Å². The molecule has 0 saturated heterocycles. The number of ether oxygens (including phenoxy) is 1. The summed E-state index contributed by atoms with van der Waals surface area (Å²) in [5.74, 6) is -1.03. The van der Waals surface area contributed by atoms with Crippen molar-refractivity contribution in [2.24, 2.45) is 5.92 Å². The molecule has 0 saturated carbocycles. The number of carbonyl (C=O) groups is 2. The van der Waals surface area contributed by atoms with Crippen LogP contribution in [0.15, 0.2) is 24.3 Å². The standard InChI is InChI=1S/C17H23F3N2O3/c1-11(2)14(16(24)21-8-9-25-10-17(18,19)20)22-15(23)13-7-5-4-6-12(13)3/h4-7,11,14H,8-10H2,1-3H3,(H,21,24)(H,22,23). The minimum absolute atomic E-state index is 0.0711. The topological polar surface area (TPSA) is 67.4 Å². The molecule has 0 fully saturated rings. The molecule has 25 heavy (non-hydrogen) atoms. The maximum absolute atomic E-state index is 12.3. The van der Waals surface area contributed by atoms with Crippen LogP contribution in [0.3, 0.4) is 0 Å². The maximum Gasteiger partial charge on any atom is 0.411 e. The van der Waals surface area contributed by atoms with Crippen LogP contribution in [0.4, 0.5) is 13.2 Å². The SMILES string of the molecule is Cc1ccccc1C(=O)NC(C(=O)NCCOCC(F)(F)F)C(C)C. The molecule has 2 N–H and O–H groups in total. The van der Waals surface area contributed by atoms with Crippen molar-refractivity contribution in [1.82, 2.24) is 10.6 Å². The molecule has 5 nitrogen and oxygen atoms in total. The molecular weight excluding hydrogens is 337 g/mol. The lowest BCUT2D eigenvalue weighted by atomic mass is 10.0. The van der Waals surface area contributed by atoms with Crippen LogP contribution in [0, 0.1) is 12.8 Å². The molecule has 1 rings (SSSR count). The highest BCUT2D eigenvalue weighted by Gasteiger charge is 2.28. The van der Waals surface area contributed by atoms with Crippen molar-refractivity contribution >= 4 is 11.8 Å². The fourth-order valence-corrected chi connectivity index (χ4v) is 2.13. The van der Waals surface area contributed by atoms with Gasteiger partial charge in [0.2, 0.25) is 5.91 Å². The smallest absolute Gasteiger partial charge is 0.370 e. The zero-order valence-corrected chi connectivity index (χ0v) is 14.4. The molecule has 2 amide bonds. The molecule has 0 spiro atoms. The Kier molecular flexibility index (Phi) is 7.89. The Morgan fingerprint density at radius 3 is 2.40 bits per heavy atom. The third-order valence-corrected chi connectivity index (χ3v) is 3.44. The highest BCUT2D eigenvalue weighted by Crippen LogP contribution is 2.14. The molecule has 1 aromatic rings. The molecule has 0 aromatic heterocycles. The summed E-state index contributed by atoms with van der Waals surface area (Å²) in [7, 11) is 0. The highest BCUT2D eigenvalue weighted by atomic mass is 19.4. The Bertz CT molecular complexity index is 589. The van der Waals surface area contributed by atoms with Crippen molar-refractivity contribution in [2.75, 3.05) is 19.8 Å². The van der Waals surface area contributed by atoms with Gasteiger partial charge in [0.25, 0.3) is 5.91 Å². The lowest BCUT2D eigenvalue weighted by molar-refractivity contribution is -0.173. The van der Waals surface area contributed by atoms with Gasteiger partial charge >= 0.3 is 6.18 Å². The van der Waals surface area contributed by atoms with Gasteiger partial charge in [-0.1, -0.05) is 32.0 Å². The summed E-state index contributed by atoms with van der Waals surface area (Å²) < 4.78 is 40.3. The fourth-order valence-electron chi connectivity index (χ4n) is 2.13. The summed E-state index contributed by atoms with van der Waals surface area (Å²) in [6.07, 6.45) is -4.40. The zero-order chi connectivity index (χ0) is 19.0. The number of hydrogen-bond donors (Lipinski definition) is 2. The van der Waals surface area contributed by atoms with Gasteiger partial charge < -0.3 is 15.4 Å². The number of nitrogens with one attached hydrogen (secondary N) is 2. The van der Waals surface area contributed by atoms with E-state index in [0.717, 1.165) is 5.56 Å². The van der Waals surface area contributed by atoms with Crippen LogP contribution in [0.1, 0.15) is 29.8 Å². The zero-order valence-electron chi connectivity index (χ0n) is 14.4. The number of amides is 2. The molecule has 0 aliphatic rings. The number of carbonyl (C=O) groups excluding carboxylic acids is 2. The Hall–Kier alpha value is -2.09. The molecule has 140 valence electrons. The highest BCUT2D eigenvalue weighted by molar-refractivity contribution is 5.98. The molecule has 0 bridgehead atoms. The molecule has 1 aromatic carbocycles. The van der Waals surface area contributed by atoms with Gasteiger partial charge in [-0.3, -0.25) is 9.59 Å². The molecule has 0 aliphatic carbocycles. The van der Waals surface area contributed by atoms with E-state index in [2.05, 4.69) is 15.4 Å². The lowest BCUT2D eigenvalue weighted by Crippen LogP contribution is -2.50. The van der Waals surface area contributed by atoms with Crippen molar-refractivity contribution in [2.45, 2.75) is 33.0 Å². The van der Waals surface area contributed by atoms with Crippen LogP contribution in [-0.2, 0) is 9.53 Å². The van der Waals surface area contributed by atoms with Crippen LogP contribution in [0.2, 0.25) is 0 Å². The largest absolute Gasteiger partial charge is 0.411 e. The van der Waals surface area contributed by atoms with E-state index >= 15 is 0 Å².